The Morgan fingerprint density at radius 2 is 1.89 bits per heavy atom. The molecule has 0 spiro atoms. The van der Waals surface area contributed by atoms with E-state index in [2.05, 4.69) is 15.9 Å². The van der Waals surface area contributed by atoms with E-state index in [1.165, 1.54) is 6.07 Å². The highest BCUT2D eigenvalue weighted by atomic mass is 79.9. The van der Waals surface area contributed by atoms with Crippen molar-refractivity contribution in [1.29, 1.82) is 0 Å². The third kappa shape index (κ3) is 3.56. The Kier molecular flexibility index (Phi) is 5.21. The van der Waals surface area contributed by atoms with Crippen molar-refractivity contribution in [2.24, 2.45) is 0 Å². The average Bonchev–Trinajstić information content (AvgIpc) is 3.06. The van der Waals surface area contributed by atoms with Gasteiger partial charge in [-0.05, 0) is 58.6 Å². The monoisotopic (exact) mass is 446 g/mol. The van der Waals surface area contributed by atoms with Crippen molar-refractivity contribution in [2.75, 3.05) is 19.8 Å². The van der Waals surface area contributed by atoms with Gasteiger partial charge >= 0.3 is 0 Å². The molecule has 0 bridgehead atoms. The molecule has 0 aliphatic carbocycles. The molecular weight excluding hydrogens is 428 g/mol. The van der Waals surface area contributed by atoms with Gasteiger partial charge < -0.3 is 14.4 Å². The molecule has 1 saturated heterocycles. The summed E-state index contributed by atoms with van der Waals surface area (Å²) in [5.41, 5.74) is 1.19. The molecule has 4 rings (SSSR count). The van der Waals surface area contributed by atoms with Crippen molar-refractivity contribution in [3.63, 3.8) is 0 Å². The zero-order chi connectivity index (χ0) is 19.7. The Morgan fingerprint density at radius 1 is 1.11 bits per heavy atom. The summed E-state index contributed by atoms with van der Waals surface area (Å²) in [7, 11) is 0. The summed E-state index contributed by atoms with van der Waals surface area (Å²) < 4.78 is 11.8. The average molecular weight is 447 g/mol. The third-order valence-electron chi connectivity index (χ3n) is 5.06. The van der Waals surface area contributed by atoms with E-state index in [0.29, 0.717) is 35.5 Å². The van der Waals surface area contributed by atoms with Crippen LogP contribution in [0.2, 0.25) is 0 Å². The van der Waals surface area contributed by atoms with Crippen LogP contribution >= 0.6 is 15.9 Å². The summed E-state index contributed by atoms with van der Waals surface area (Å²) in [6.07, 6.45) is 2.55. The predicted octanol–water partition coefficient (Wildman–Crippen LogP) is 4.50. The smallest absolute Gasteiger partial charge is 0.284 e. The minimum Gasteiger partial charge on any atom is -0.490 e. The molecule has 0 N–H and O–H groups in total. The van der Waals surface area contributed by atoms with Gasteiger partial charge in [-0.1, -0.05) is 6.07 Å². The van der Waals surface area contributed by atoms with Crippen LogP contribution in [0.1, 0.15) is 41.2 Å². The number of ether oxygens (including phenoxy) is 2. The minimum atomic E-state index is -0.494. The number of nitro groups is 1. The van der Waals surface area contributed by atoms with Gasteiger partial charge in [-0.25, -0.2) is 0 Å². The van der Waals surface area contributed by atoms with E-state index >= 15 is 0 Å². The topological polar surface area (TPSA) is 81.9 Å². The zero-order valence-corrected chi connectivity index (χ0v) is 16.7. The molecule has 2 heterocycles. The number of hydrogen-bond donors (Lipinski definition) is 0. The number of halogens is 1. The first-order valence-electron chi connectivity index (χ1n) is 9.19. The summed E-state index contributed by atoms with van der Waals surface area (Å²) >= 11 is 3.16. The second-order valence-electron chi connectivity index (χ2n) is 6.84. The lowest BCUT2D eigenvalue weighted by atomic mass is 10.0. The van der Waals surface area contributed by atoms with Gasteiger partial charge in [-0.3, -0.25) is 14.9 Å². The molecule has 0 radical (unpaired) electrons. The first-order chi connectivity index (χ1) is 13.5. The van der Waals surface area contributed by atoms with Gasteiger partial charge in [0.05, 0.1) is 28.7 Å². The number of nitrogens with zero attached hydrogens (tertiary/aromatic N) is 2. The van der Waals surface area contributed by atoms with Crippen LogP contribution < -0.4 is 9.47 Å². The SMILES string of the molecule is O=C(c1ccc(Br)c([N+](=O)[O-])c1)N1CCC[C@@H]1c1ccc2c(c1)OCCCO2. The van der Waals surface area contributed by atoms with Crippen LogP contribution in [0.15, 0.2) is 40.9 Å². The van der Waals surface area contributed by atoms with Crippen LogP contribution in [0, 0.1) is 10.1 Å². The predicted molar refractivity (Wildman–Crippen MR) is 106 cm³/mol. The van der Waals surface area contributed by atoms with E-state index < -0.39 is 4.92 Å². The number of likely N-dealkylation sites (tertiary alicyclic amines) is 1. The number of nitro benzene ring substituents is 1. The van der Waals surface area contributed by atoms with E-state index in [1.807, 2.05) is 18.2 Å². The van der Waals surface area contributed by atoms with Crippen LogP contribution in [0.25, 0.3) is 0 Å². The van der Waals surface area contributed by atoms with Crippen molar-refractivity contribution in [2.45, 2.75) is 25.3 Å². The third-order valence-corrected chi connectivity index (χ3v) is 5.73. The van der Waals surface area contributed by atoms with Crippen LogP contribution in [0.5, 0.6) is 11.5 Å². The molecule has 8 heteroatoms. The molecule has 1 atom stereocenters. The number of rotatable bonds is 3. The second kappa shape index (κ2) is 7.79. The van der Waals surface area contributed by atoms with Crippen LogP contribution in [0.3, 0.4) is 0 Å². The van der Waals surface area contributed by atoms with Crippen LogP contribution in [-0.2, 0) is 0 Å². The van der Waals surface area contributed by atoms with Crippen LogP contribution in [-0.4, -0.2) is 35.5 Å². The lowest BCUT2D eigenvalue weighted by Crippen LogP contribution is -2.30. The summed E-state index contributed by atoms with van der Waals surface area (Å²) in [6, 6.07) is 10.2. The lowest BCUT2D eigenvalue weighted by molar-refractivity contribution is -0.385. The molecule has 28 heavy (non-hydrogen) atoms. The first-order valence-corrected chi connectivity index (χ1v) is 9.98. The number of carbonyl (C=O) groups excluding carboxylic acids is 1. The maximum absolute atomic E-state index is 13.1. The Bertz CT molecular complexity index is 933. The summed E-state index contributed by atoms with van der Waals surface area (Å²) in [6.45, 7) is 1.84. The van der Waals surface area contributed by atoms with Gasteiger partial charge in [0.1, 0.15) is 0 Å². The molecule has 2 aromatic rings. The number of hydrogen-bond acceptors (Lipinski definition) is 5. The van der Waals surface area contributed by atoms with Crippen molar-refractivity contribution in [3.8, 4) is 11.5 Å². The molecule has 0 saturated carbocycles. The van der Waals surface area contributed by atoms with Crippen LogP contribution in [0.4, 0.5) is 5.69 Å². The number of carbonyl (C=O) groups is 1. The Morgan fingerprint density at radius 3 is 2.68 bits per heavy atom. The molecule has 2 aliphatic heterocycles. The van der Waals surface area contributed by atoms with Crippen molar-refractivity contribution >= 4 is 27.5 Å². The molecule has 0 unspecified atom stereocenters. The van der Waals surface area contributed by atoms with Gasteiger partial charge in [-0.15, -0.1) is 0 Å². The molecule has 1 amide bonds. The summed E-state index contributed by atoms with van der Waals surface area (Å²) in [4.78, 5) is 25.6. The molecule has 7 nitrogen and oxygen atoms in total. The highest BCUT2D eigenvalue weighted by Gasteiger charge is 2.32. The quantitative estimate of drug-likeness (QED) is 0.512. The Labute approximate surface area is 170 Å². The fourth-order valence-electron chi connectivity index (χ4n) is 3.69. The summed E-state index contributed by atoms with van der Waals surface area (Å²) in [5, 5.41) is 11.2. The Balaban J connectivity index is 1.62. The lowest BCUT2D eigenvalue weighted by Gasteiger charge is -2.26. The molecular formula is C20H19BrN2O5. The van der Waals surface area contributed by atoms with Gasteiger partial charge in [0.2, 0.25) is 0 Å². The van der Waals surface area contributed by atoms with E-state index in [9.17, 15) is 14.9 Å². The van der Waals surface area contributed by atoms with Gasteiger partial charge in [0.15, 0.2) is 11.5 Å². The van der Waals surface area contributed by atoms with E-state index in [-0.39, 0.29) is 17.6 Å². The second-order valence-corrected chi connectivity index (χ2v) is 7.69. The van der Waals surface area contributed by atoms with E-state index in [0.717, 1.165) is 30.6 Å². The largest absolute Gasteiger partial charge is 0.490 e. The van der Waals surface area contributed by atoms with Gasteiger partial charge in [0, 0.05) is 24.6 Å². The molecule has 0 aromatic heterocycles. The van der Waals surface area contributed by atoms with E-state index in [1.54, 1.807) is 17.0 Å². The van der Waals surface area contributed by atoms with E-state index in [4.69, 9.17) is 9.47 Å². The van der Waals surface area contributed by atoms with Crippen molar-refractivity contribution in [3.05, 3.63) is 62.1 Å². The highest BCUT2D eigenvalue weighted by Crippen LogP contribution is 2.39. The van der Waals surface area contributed by atoms with Gasteiger partial charge in [0.25, 0.3) is 11.6 Å². The Hall–Kier alpha value is -2.61. The molecule has 146 valence electrons. The molecule has 2 aliphatic rings. The maximum Gasteiger partial charge on any atom is 0.284 e. The standard InChI is InChI=1S/C20H19BrN2O5/c21-15-6-4-14(11-17(15)23(25)26)20(24)22-8-1-3-16(22)13-5-7-18-19(12-13)28-10-2-9-27-18/h4-7,11-12,16H,1-3,8-10H2/t16-/m1/s1. The van der Waals surface area contributed by atoms with Crippen molar-refractivity contribution < 1.29 is 19.2 Å². The minimum absolute atomic E-state index is 0.0904. The fraction of sp³-hybridized carbons (Fsp3) is 0.350. The number of fused-ring (bicyclic) bond motifs is 1. The first kappa shape index (κ1) is 18.7. The summed E-state index contributed by atoms with van der Waals surface area (Å²) in [5.74, 6) is 1.22. The zero-order valence-electron chi connectivity index (χ0n) is 15.1. The highest BCUT2D eigenvalue weighted by molar-refractivity contribution is 9.10. The fourth-order valence-corrected chi connectivity index (χ4v) is 4.09. The normalized spacial score (nSPS) is 18.6. The van der Waals surface area contributed by atoms with Gasteiger partial charge in [-0.2, -0.15) is 0 Å². The number of amides is 1. The molecule has 2 aromatic carbocycles. The van der Waals surface area contributed by atoms with Crippen molar-refractivity contribution in [1.82, 2.24) is 4.90 Å². The number of benzene rings is 2. The maximum atomic E-state index is 13.1. The molecule has 1 fully saturated rings.